The van der Waals surface area contributed by atoms with Crippen LogP contribution in [0.15, 0.2) is 238 Å². The number of carbonyl (C=O) groups is 4. The Balaban J connectivity index is 0.000000148. The maximum Gasteiger partial charge on any atom is 0.433 e. The first-order valence-corrected chi connectivity index (χ1v) is 36.9. The second-order valence-electron chi connectivity index (χ2n) is 25.8. The standard InChI is InChI=1S/C22H22ClN5O.C21H19ClN4O2.C21H21ClN4O.C19H14ClF3N4O/c1-27-10-12-28(13-11-27)21-8-5-16(15-25-21)22(29)26-17-6-7-19(23)18(14-17)20-4-2-3-9-24-20;22-18-6-5-16(13-17(18)19-3-1-2-8-23-19)25-21(27)15-4-7-20(24-14-15)26-9-11-28-12-10-26;1-14(2)12-24-20-9-6-15(13-25-20)21(27)26-16-7-8-18(22)17(11-16)19-5-3-4-10-23-19;1-11-13(6-8-16(25-11)19(21,22)23)18(28)26-12-5-7-14(20)15(10-12)27-17-4-2-3-9-24-17/h2-9,14-15H,10-13H2,1H3,(H,26,29);1-8,13-14H,9-12H2,(H,25,27);3-11,13-14H,12H2,1-2H3,(H,24,25)(H,26,27);2-10H,1H3,(H,24,27)(H,26,28). The van der Waals surface area contributed by atoms with E-state index in [4.69, 9.17) is 51.1 Å². The maximum atomic E-state index is 12.7. The van der Waals surface area contributed by atoms with Crippen molar-refractivity contribution in [2.75, 3.05) is 108 Å². The van der Waals surface area contributed by atoms with Gasteiger partial charge in [0.25, 0.3) is 23.6 Å². The highest BCUT2D eigenvalue weighted by atomic mass is 35.5. The van der Waals surface area contributed by atoms with Crippen LogP contribution in [0, 0.1) is 12.8 Å². The number of hydrogen-bond acceptors (Lipinski definition) is 18. The van der Waals surface area contributed by atoms with Crippen molar-refractivity contribution in [3.63, 3.8) is 0 Å². The summed E-state index contributed by atoms with van der Waals surface area (Å²) in [5.74, 6) is 2.35. The molecular weight excluding hydrogens is 1510 g/mol. The fourth-order valence-corrected chi connectivity index (χ4v) is 12.0. The van der Waals surface area contributed by atoms with Gasteiger partial charge in [-0.25, -0.2) is 24.9 Å². The normalized spacial score (nSPS) is 12.6. The molecule has 6 N–H and O–H groups in total. The number of pyridine rings is 8. The van der Waals surface area contributed by atoms with Crippen LogP contribution in [0.4, 0.5) is 64.9 Å². The lowest BCUT2D eigenvalue weighted by atomic mass is 10.1. The van der Waals surface area contributed by atoms with Gasteiger partial charge in [-0.2, -0.15) is 13.2 Å². The van der Waals surface area contributed by atoms with Gasteiger partial charge >= 0.3 is 6.18 Å². The van der Waals surface area contributed by atoms with Crippen LogP contribution in [0.1, 0.15) is 66.7 Å². The summed E-state index contributed by atoms with van der Waals surface area (Å²) in [5, 5.41) is 19.7. The van der Waals surface area contributed by atoms with Crippen LogP contribution in [0.5, 0.6) is 0 Å². The van der Waals surface area contributed by atoms with Gasteiger partial charge < -0.3 is 51.3 Å². The average Bonchev–Trinajstić information content (AvgIpc) is 0.895. The van der Waals surface area contributed by atoms with Gasteiger partial charge in [-0.3, -0.25) is 34.1 Å². The molecule has 0 atom stereocenters. The Labute approximate surface area is 665 Å². The third-order valence-electron chi connectivity index (χ3n) is 17.2. The van der Waals surface area contributed by atoms with Gasteiger partial charge in [0.05, 0.1) is 84.0 Å². The Morgan fingerprint density at radius 1 is 0.455 bits per heavy atom. The van der Waals surface area contributed by atoms with E-state index in [2.05, 4.69) is 107 Å². The number of aromatic nitrogens is 8. The summed E-state index contributed by atoms with van der Waals surface area (Å²) in [6.45, 7) is 13.3. The molecule has 4 aromatic carbocycles. The fourth-order valence-electron chi connectivity index (χ4n) is 11.2. The zero-order chi connectivity index (χ0) is 79.1. The largest absolute Gasteiger partial charge is 0.433 e. The molecule has 12 aromatic rings. The van der Waals surface area contributed by atoms with E-state index in [9.17, 15) is 32.3 Å². The minimum atomic E-state index is -4.57. The summed E-state index contributed by atoms with van der Waals surface area (Å²) >= 11 is 25.1. The van der Waals surface area contributed by atoms with E-state index < -0.39 is 17.8 Å². The molecule has 22 nitrogen and oxygen atoms in total. The SMILES string of the molecule is CC(C)CNc1ccc(C(=O)Nc2ccc(Cl)c(-c3ccccn3)c2)cn1.CN1CCN(c2ccc(C(=O)Nc3ccc(Cl)c(-c4ccccn4)c3)cn2)CC1.Cc1nc(C(F)(F)F)ccc1C(=O)Nc1ccc(Cl)c(Nc2ccccn2)c1.O=C(Nc1ccc(Cl)c(-c2ccccn2)c1)c1ccc(N2CCOCC2)nc1. The second kappa shape index (κ2) is 39.1. The van der Waals surface area contributed by atoms with Crippen LogP contribution >= 0.6 is 46.4 Å². The van der Waals surface area contributed by atoms with Crippen molar-refractivity contribution in [3.8, 4) is 33.8 Å². The number of nitrogens with zero attached hydrogens (tertiary/aromatic N) is 11. The number of anilines is 9. The van der Waals surface area contributed by atoms with Crippen LogP contribution in [-0.2, 0) is 10.9 Å². The number of piperazine rings is 1. The van der Waals surface area contributed by atoms with Crippen molar-refractivity contribution in [2.24, 2.45) is 5.92 Å². The van der Waals surface area contributed by atoms with E-state index in [1.807, 2.05) is 91.0 Å². The van der Waals surface area contributed by atoms with Gasteiger partial charge in [-0.1, -0.05) is 84.5 Å². The fraction of sp³-hybridized carbons (Fsp3) is 0.181. The molecule has 572 valence electrons. The number of morpholine rings is 1. The second-order valence-corrected chi connectivity index (χ2v) is 27.4. The summed E-state index contributed by atoms with van der Waals surface area (Å²) in [6.07, 6.45) is 6.95. The van der Waals surface area contributed by atoms with Crippen molar-refractivity contribution in [1.29, 1.82) is 0 Å². The van der Waals surface area contributed by atoms with E-state index in [0.717, 1.165) is 109 Å². The number of aryl methyl sites for hydroxylation is 1. The first-order valence-electron chi connectivity index (χ1n) is 35.4. The van der Waals surface area contributed by atoms with Crippen LogP contribution in [0.3, 0.4) is 0 Å². The molecule has 2 aliphatic rings. The first kappa shape index (κ1) is 81.0. The Kier molecular flexibility index (Phi) is 28.3. The lowest BCUT2D eigenvalue weighted by molar-refractivity contribution is -0.141. The predicted molar refractivity (Wildman–Crippen MR) is 438 cm³/mol. The van der Waals surface area contributed by atoms with E-state index in [0.29, 0.717) is 90.2 Å². The Morgan fingerprint density at radius 3 is 1.29 bits per heavy atom. The smallest absolute Gasteiger partial charge is 0.378 e. The molecule has 0 spiro atoms. The predicted octanol–water partition coefficient (Wildman–Crippen LogP) is 18.3. The zero-order valence-corrected chi connectivity index (χ0v) is 64.1. The topological polar surface area (TPSA) is 263 Å². The summed E-state index contributed by atoms with van der Waals surface area (Å²) in [6, 6.07) is 55.8. The lowest BCUT2D eigenvalue weighted by Crippen LogP contribution is -2.44. The first-order chi connectivity index (χ1) is 54.1. The van der Waals surface area contributed by atoms with Crippen molar-refractivity contribution >= 4 is 122 Å². The van der Waals surface area contributed by atoms with Crippen LogP contribution in [0.2, 0.25) is 20.1 Å². The molecule has 0 bridgehead atoms. The molecule has 29 heteroatoms. The van der Waals surface area contributed by atoms with Gasteiger partial charge in [0.1, 0.15) is 29.0 Å². The number of carbonyl (C=O) groups excluding carboxylic acids is 4. The number of likely N-dealkylation sites (N-methyl/N-ethyl adjacent to an activating group) is 1. The number of rotatable bonds is 18. The molecule has 0 aliphatic carbocycles. The molecule has 10 heterocycles. The molecule has 0 unspecified atom stereocenters. The summed E-state index contributed by atoms with van der Waals surface area (Å²) in [4.78, 5) is 90.7. The van der Waals surface area contributed by atoms with E-state index in [1.54, 1.807) is 134 Å². The third-order valence-corrected chi connectivity index (χ3v) is 18.5. The number of ether oxygens (including phenoxy) is 1. The van der Waals surface area contributed by atoms with Crippen molar-refractivity contribution in [1.82, 2.24) is 44.8 Å². The minimum Gasteiger partial charge on any atom is -0.378 e. The van der Waals surface area contributed by atoms with E-state index >= 15 is 0 Å². The number of amides is 4. The molecule has 0 radical (unpaired) electrons. The van der Waals surface area contributed by atoms with Crippen molar-refractivity contribution < 1.29 is 37.1 Å². The van der Waals surface area contributed by atoms with E-state index in [1.165, 1.54) is 6.92 Å². The summed E-state index contributed by atoms with van der Waals surface area (Å²) in [7, 11) is 2.12. The van der Waals surface area contributed by atoms with Gasteiger partial charge in [-0.05, 0) is 190 Å². The van der Waals surface area contributed by atoms with Gasteiger partial charge in [0.2, 0.25) is 0 Å². The summed E-state index contributed by atoms with van der Waals surface area (Å²) < 4.78 is 43.5. The zero-order valence-electron chi connectivity index (χ0n) is 61.1. The maximum absolute atomic E-state index is 12.7. The highest BCUT2D eigenvalue weighted by Gasteiger charge is 2.33. The minimum absolute atomic E-state index is 0.0203. The molecule has 4 amide bonds. The number of nitrogens with one attached hydrogen (secondary N) is 6. The van der Waals surface area contributed by atoms with Gasteiger partial charge in [0, 0.05) is 129 Å². The molecule has 2 saturated heterocycles. The lowest BCUT2D eigenvalue weighted by Gasteiger charge is -2.33. The molecule has 8 aromatic heterocycles. The van der Waals surface area contributed by atoms with Crippen LogP contribution in [-0.4, -0.2) is 134 Å². The molecule has 14 rings (SSSR count). The summed E-state index contributed by atoms with van der Waals surface area (Å²) in [5.41, 5.74) is 7.90. The van der Waals surface area contributed by atoms with Gasteiger partial charge in [-0.15, -0.1) is 0 Å². The average molecular weight is 1590 g/mol. The van der Waals surface area contributed by atoms with Crippen molar-refractivity contribution in [2.45, 2.75) is 26.9 Å². The quantitative estimate of drug-likeness (QED) is 0.0466. The Bertz CT molecular complexity index is 5160. The molecule has 0 saturated carbocycles. The highest BCUT2D eigenvalue weighted by Crippen LogP contribution is 2.35. The number of hydrogen-bond donors (Lipinski definition) is 6. The van der Waals surface area contributed by atoms with Crippen LogP contribution in [0.25, 0.3) is 33.8 Å². The monoisotopic (exact) mass is 1590 g/mol. The molecule has 112 heavy (non-hydrogen) atoms. The Hall–Kier alpha value is -12.0. The Morgan fingerprint density at radius 2 is 0.884 bits per heavy atom. The number of halogens is 7. The van der Waals surface area contributed by atoms with Crippen molar-refractivity contribution in [3.05, 3.63) is 291 Å². The van der Waals surface area contributed by atoms with Crippen LogP contribution < -0.4 is 41.7 Å². The molecule has 2 fully saturated rings. The highest BCUT2D eigenvalue weighted by molar-refractivity contribution is 6.35. The van der Waals surface area contributed by atoms with E-state index in [-0.39, 0.29) is 29.0 Å². The number of benzene rings is 4. The number of alkyl halides is 3. The molecule has 2 aliphatic heterocycles. The molecular formula is C83H76Cl4F3N17O5. The third kappa shape index (κ3) is 23.1. The van der Waals surface area contributed by atoms with Gasteiger partial charge in [0.15, 0.2) is 0 Å².